The molecule has 152 valence electrons. The molecule has 1 aliphatic rings. The number of amides is 4. The van der Waals surface area contributed by atoms with Crippen molar-refractivity contribution in [2.24, 2.45) is 5.92 Å². The van der Waals surface area contributed by atoms with Crippen molar-refractivity contribution in [1.82, 2.24) is 10.6 Å². The number of esters is 1. The fourth-order valence-corrected chi connectivity index (χ4v) is 2.87. The molecule has 2 N–H and O–H groups in total. The first-order valence-electron chi connectivity index (χ1n) is 8.20. The Bertz CT molecular complexity index is 799. The average molecular weight is 414 g/mol. The van der Waals surface area contributed by atoms with Crippen LogP contribution >= 0.6 is 11.6 Å². The van der Waals surface area contributed by atoms with E-state index in [2.05, 4.69) is 5.32 Å². The van der Waals surface area contributed by atoms with E-state index in [9.17, 15) is 19.2 Å². The van der Waals surface area contributed by atoms with Crippen LogP contribution in [0.5, 0.6) is 11.5 Å². The number of rotatable bonds is 6. The number of urea groups is 1. The number of carbonyl (C=O) groups is 4. The minimum absolute atomic E-state index is 0.0355. The van der Waals surface area contributed by atoms with E-state index in [1.807, 2.05) is 5.32 Å². The Morgan fingerprint density at radius 3 is 2.50 bits per heavy atom. The molecule has 28 heavy (non-hydrogen) atoms. The zero-order valence-electron chi connectivity index (χ0n) is 15.5. The van der Waals surface area contributed by atoms with Crippen molar-refractivity contribution in [3.8, 4) is 11.5 Å². The van der Waals surface area contributed by atoms with Crippen LogP contribution < -0.4 is 25.0 Å². The van der Waals surface area contributed by atoms with Crippen LogP contribution in [-0.2, 0) is 19.1 Å². The number of nitrogens with zero attached hydrogens (tertiary/aromatic N) is 1. The topological polar surface area (TPSA) is 123 Å². The number of hydrogen-bond donors (Lipinski definition) is 2. The van der Waals surface area contributed by atoms with Gasteiger partial charge in [0.1, 0.15) is 11.5 Å². The Hall–Kier alpha value is -3.01. The molecule has 1 saturated heterocycles. The molecular weight excluding hydrogens is 394 g/mol. The summed E-state index contributed by atoms with van der Waals surface area (Å²) < 4.78 is 15.3. The highest BCUT2D eigenvalue weighted by Crippen LogP contribution is 2.40. The Morgan fingerprint density at radius 1 is 1.21 bits per heavy atom. The number of benzene rings is 1. The van der Waals surface area contributed by atoms with E-state index >= 15 is 0 Å². The number of hydrogen-bond acceptors (Lipinski definition) is 7. The van der Waals surface area contributed by atoms with Crippen molar-refractivity contribution in [2.45, 2.75) is 6.42 Å². The van der Waals surface area contributed by atoms with Crippen LogP contribution in [0.1, 0.15) is 6.42 Å². The molecule has 1 fully saturated rings. The highest BCUT2D eigenvalue weighted by Gasteiger charge is 2.37. The largest absolute Gasteiger partial charge is 0.495 e. The molecule has 11 heteroatoms. The predicted molar refractivity (Wildman–Crippen MR) is 98.6 cm³/mol. The van der Waals surface area contributed by atoms with Gasteiger partial charge in [-0.05, 0) is 6.07 Å². The second-order valence-corrected chi connectivity index (χ2v) is 6.21. The van der Waals surface area contributed by atoms with E-state index in [1.165, 1.54) is 32.2 Å². The fraction of sp³-hybridized carbons (Fsp3) is 0.412. The molecule has 4 amide bonds. The van der Waals surface area contributed by atoms with Gasteiger partial charge in [0, 0.05) is 26.1 Å². The second-order valence-electron chi connectivity index (χ2n) is 5.80. The third-order valence-electron chi connectivity index (χ3n) is 4.03. The minimum atomic E-state index is -0.780. The Labute approximate surface area is 166 Å². The van der Waals surface area contributed by atoms with Gasteiger partial charge in [0.2, 0.25) is 5.91 Å². The monoisotopic (exact) mass is 413 g/mol. The van der Waals surface area contributed by atoms with Gasteiger partial charge in [-0.1, -0.05) is 11.6 Å². The van der Waals surface area contributed by atoms with Crippen molar-refractivity contribution < 1.29 is 33.4 Å². The fourth-order valence-electron chi connectivity index (χ4n) is 2.63. The summed E-state index contributed by atoms with van der Waals surface area (Å²) in [5.74, 6) is -1.86. The molecule has 1 heterocycles. The standard InChI is InChI=1S/C17H20ClN3O7/c1-19-17(25)20-14(22)8-28-16(24)9-4-15(23)21(7-9)11-5-10(18)12(26-2)6-13(11)27-3/h5-6,9H,4,7-8H2,1-3H3,(H2,19,20,22,25)/t9-/m1/s1. The smallest absolute Gasteiger partial charge is 0.321 e. The first kappa shape index (κ1) is 21.3. The zero-order chi connectivity index (χ0) is 20.8. The first-order chi connectivity index (χ1) is 13.3. The molecule has 0 bridgehead atoms. The number of carbonyl (C=O) groups excluding carboxylic acids is 4. The van der Waals surface area contributed by atoms with E-state index in [1.54, 1.807) is 6.07 Å². The van der Waals surface area contributed by atoms with Crippen LogP contribution in [0.4, 0.5) is 10.5 Å². The normalized spacial score (nSPS) is 15.8. The van der Waals surface area contributed by atoms with Crippen LogP contribution in [0, 0.1) is 5.92 Å². The molecule has 0 aromatic heterocycles. The number of halogens is 1. The predicted octanol–water partition coefficient (Wildman–Crippen LogP) is 0.709. The summed E-state index contributed by atoms with van der Waals surface area (Å²) in [5, 5.41) is 4.44. The lowest BCUT2D eigenvalue weighted by Gasteiger charge is -2.20. The van der Waals surface area contributed by atoms with Crippen molar-refractivity contribution in [1.29, 1.82) is 0 Å². The molecule has 1 atom stereocenters. The number of methoxy groups -OCH3 is 2. The summed E-state index contributed by atoms with van der Waals surface area (Å²) in [6.45, 7) is -0.595. The van der Waals surface area contributed by atoms with Crippen molar-refractivity contribution >= 4 is 41.1 Å². The molecule has 2 rings (SSSR count). The van der Waals surface area contributed by atoms with E-state index in [0.717, 1.165) is 0 Å². The lowest BCUT2D eigenvalue weighted by molar-refractivity contribution is -0.152. The Morgan fingerprint density at radius 2 is 1.89 bits per heavy atom. The molecule has 0 aliphatic carbocycles. The van der Waals surface area contributed by atoms with Crippen LogP contribution in [0.3, 0.4) is 0 Å². The summed E-state index contributed by atoms with van der Waals surface area (Å²) in [7, 11) is 4.23. The summed E-state index contributed by atoms with van der Waals surface area (Å²) in [4.78, 5) is 48.5. The van der Waals surface area contributed by atoms with Crippen molar-refractivity contribution in [3.63, 3.8) is 0 Å². The van der Waals surface area contributed by atoms with Crippen molar-refractivity contribution in [2.75, 3.05) is 39.3 Å². The van der Waals surface area contributed by atoms with E-state index in [0.29, 0.717) is 17.2 Å². The molecule has 1 aromatic carbocycles. The van der Waals surface area contributed by atoms with Crippen LogP contribution in [0.25, 0.3) is 0 Å². The highest BCUT2D eigenvalue weighted by molar-refractivity contribution is 6.32. The summed E-state index contributed by atoms with van der Waals surface area (Å²) in [6.07, 6.45) is -0.0945. The number of anilines is 1. The summed E-state index contributed by atoms with van der Waals surface area (Å²) in [6, 6.07) is 2.34. The van der Waals surface area contributed by atoms with Gasteiger partial charge in [-0.3, -0.25) is 19.7 Å². The van der Waals surface area contributed by atoms with Crippen LogP contribution in [-0.4, -0.2) is 58.2 Å². The third-order valence-corrected chi connectivity index (χ3v) is 4.32. The van der Waals surface area contributed by atoms with Gasteiger partial charge in [0.05, 0.1) is 30.8 Å². The maximum Gasteiger partial charge on any atom is 0.321 e. The van der Waals surface area contributed by atoms with Gasteiger partial charge in [-0.15, -0.1) is 0 Å². The third kappa shape index (κ3) is 4.83. The van der Waals surface area contributed by atoms with Gasteiger partial charge < -0.3 is 24.4 Å². The molecule has 0 radical (unpaired) electrons. The summed E-state index contributed by atoms with van der Waals surface area (Å²) >= 11 is 6.13. The Kier molecular flexibility index (Phi) is 7.05. The molecule has 1 aromatic rings. The van der Waals surface area contributed by atoms with E-state index in [4.69, 9.17) is 25.8 Å². The molecule has 0 spiro atoms. The Balaban J connectivity index is 2.05. The van der Waals surface area contributed by atoms with Crippen molar-refractivity contribution in [3.05, 3.63) is 17.2 Å². The van der Waals surface area contributed by atoms with E-state index in [-0.39, 0.29) is 23.9 Å². The minimum Gasteiger partial charge on any atom is -0.495 e. The maximum atomic E-state index is 12.4. The van der Waals surface area contributed by atoms with Gasteiger partial charge in [-0.2, -0.15) is 0 Å². The first-order valence-corrected chi connectivity index (χ1v) is 8.58. The summed E-state index contributed by atoms with van der Waals surface area (Å²) in [5.41, 5.74) is 0.394. The van der Waals surface area contributed by atoms with Gasteiger partial charge in [0.15, 0.2) is 6.61 Å². The number of nitrogens with one attached hydrogen (secondary N) is 2. The molecule has 10 nitrogen and oxygen atoms in total. The lowest BCUT2D eigenvalue weighted by atomic mass is 10.1. The van der Waals surface area contributed by atoms with E-state index < -0.39 is 30.4 Å². The molecule has 0 unspecified atom stereocenters. The van der Waals surface area contributed by atoms with Gasteiger partial charge in [-0.25, -0.2) is 4.79 Å². The molecule has 0 saturated carbocycles. The lowest BCUT2D eigenvalue weighted by Crippen LogP contribution is -2.40. The van der Waals surface area contributed by atoms with Crippen LogP contribution in [0.15, 0.2) is 12.1 Å². The second kappa shape index (κ2) is 9.27. The quantitative estimate of drug-likeness (QED) is 0.658. The van der Waals surface area contributed by atoms with Crippen LogP contribution in [0.2, 0.25) is 5.02 Å². The molecular formula is C17H20ClN3O7. The van der Waals surface area contributed by atoms with Gasteiger partial charge in [0.25, 0.3) is 5.91 Å². The molecule has 1 aliphatic heterocycles. The number of ether oxygens (including phenoxy) is 3. The average Bonchev–Trinajstić information content (AvgIpc) is 3.07. The zero-order valence-corrected chi connectivity index (χ0v) is 16.3. The maximum absolute atomic E-state index is 12.4. The highest BCUT2D eigenvalue weighted by atomic mass is 35.5. The SMILES string of the molecule is CNC(=O)NC(=O)COC(=O)[C@@H]1CC(=O)N(c2cc(Cl)c(OC)cc2OC)C1. The number of imide groups is 1. The van der Waals surface area contributed by atoms with Gasteiger partial charge >= 0.3 is 12.0 Å².